The van der Waals surface area contributed by atoms with Crippen molar-refractivity contribution in [3.8, 4) is 6.07 Å². The van der Waals surface area contributed by atoms with Crippen molar-refractivity contribution in [2.24, 2.45) is 10.9 Å². The lowest BCUT2D eigenvalue weighted by Crippen LogP contribution is -2.14. The molecule has 0 aromatic carbocycles. The van der Waals surface area contributed by atoms with E-state index in [2.05, 4.69) is 10.1 Å². The molecule has 0 saturated carbocycles. The first-order valence-corrected chi connectivity index (χ1v) is 3.57. The van der Waals surface area contributed by atoms with E-state index in [0.717, 1.165) is 5.56 Å². The summed E-state index contributed by atoms with van der Waals surface area (Å²) >= 11 is 0. The maximum atomic E-state index is 8.46. The lowest BCUT2D eigenvalue weighted by atomic mass is 10.2. The van der Waals surface area contributed by atoms with Gasteiger partial charge >= 0.3 is 0 Å². The van der Waals surface area contributed by atoms with Gasteiger partial charge in [0, 0.05) is 12.6 Å². The maximum absolute atomic E-state index is 8.46. The smallest absolute Gasteiger partial charge is 0.143 e. The van der Waals surface area contributed by atoms with Gasteiger partial charge in [0.25, 0.3) is 0 Å². The number of nitrogens with zero attached hydrogens (tertiary/aromatic N) is 3. The molecule has 0 aliphatic heterocycles. The Morgan fingerprint density at radius 3 is 2.92 bits per heavy atom. The highest BCUT2D eigenvalue weighted by Crippen LogP contribution is 1.99. The van der Waals surface area contributed by atoms with Crippen LogP contribution in [-0.2, 0) is 6.42 Å². The van der Waals surface area contributed by atoms with E-state index in [1.54, 1.807) is 12.1 Å². The Kier molecular flexibility index (Phi) is 2.82. The zero-order valence-electron chi connectivity index (χ0n) is 6.81. The summed E-state index contributed by atoms with van der Waals surface area (Å²) in [7, 11) is 0. The van der Waals surface area contributed by atoms with Crippen LogP contribution in [0.25, 0.3) is 0 Å². The van der Waals surface area contributed by atoms with Crippen molar-refractivity contribution >= 4 is 5.84 Å². The summed E-state index contributed by atoms with van der Waals surface area (Å²) in [5, 5.41) is 19.6. The SMILES string of the molecule is N#Cc1ccc(C/C(N)=N/O)cn1. The number of nitrogens with two attached hydrogens (primary N) is 1. The molecule has 13 heavy (non-hydrogen) atoms. The van der Waals surface area contributed by atoms with Crippen LogP contribution in [0.1, 0.15) is 11.3 Å². The van der Waals surface area contributed by atoms with Crippen LogP contribution in [0.5, 0.6) is 0 Å². The molecule has 0 radical (unpaired) electrons. The lowest BCUT2D eigenvalue weighted by Gasteiger charge is -1.97. The minimum absolute atomic E-state index is 0.117. The molecular weight excluding hydrogens is 168 g/mol. The van der Waals surface area contributed by atoms with Crippen molar-refractivity contribution in [3.63, 3.8) is 0 Å². The van der Waals surface area contributed by atoms with E-state index in [9.17, 15) is 0 Å². The first kappa shape index (κ1) is 9.00. The Hall–Kier alpha value is -2.09. The molecule has 1 aromatic heterocycles. The van der Waals surface area contributed by atoms with Crippen molar-refractivity contribution in [2.45, 2.75) is 6.42 Å². The van der Waals surface area contributed by atoms with Gasteiger partial charge in [0.05, 0.1) is 0 Å². The van der Waals surface area contributed by atoms with Gasteiger partial charge in [-0.3, -0.25) is 0 Å². The fourth-order valence-corrected chi connectivity index (χ4v) is 0.840. The zero-order valence-corrected chi connectivity index (χ0v) is 6.81. The number of amidine groups is 1. The largest absolute Gasteiger partial charge is 0.409 e. The highest BCUT2D eigenvalue weighted by atomic mass is 16.4. The van der Waals surface area contributed by atoms with E-state index in [1.807, 2.05) is 6.07 Å². The fourth-order valence-electron chi connectivity index (χ4n) is 0.840. The van der Waals surface area contributed by atoms with E-state index >= 15 is 0 Å². The standard InChI is InChI=1S/C8H8N4O/c9-4-7-2-1-6(5-11-7)3-8(10)12-13/h1-2,5,13H,3H2,(H2,10,12). The van der Waals surface area contributed by atoms with Gasteiger partial charge in [0.15, 0.2) is 0 Å². The molecule has 0 atom stereocenters. The summed E-state index contributed by atoms with van der Waals surface area (Å²) < 4.78 is 0. The Bertz CT molecular complexity index is 349. The Morgan fingerprint density at radius 1 is 1.69 bits per heavy atom. The molecule has 5 nitrogen and oxygen atoms in total. The number of oxime groups is 1. The van der Waals surface area contributed by atoms with Crippen LogP contribution in [0, 0.1) is 11.3 Å². The highest BCUT2D eigenvalue weighted by Gasteiger charge is 1.98. The van der Waals surface area contributed by atoms with Gasteiger partial charge in [-0.05, 0) is 11.6 Å². The van der Waals surface area contributed by atoms with Crippen molar-refractivity contribution in [1.29, 1.82) is 5.26 Å². The molecule has 0 spiro atoms. The van der Waals surface area contributed by atoms with Crippen LogP contribution in [0.2, 0.25) is 0 Å². The van der Waals surface area contributed by atoms with E-state index in [1.165, 1.54) is 6.20 Å². The summed E-state index contributed by atoms with van der Waals surface area (Å²) in [6.07, 6.45) is 1.85. The quantitative estimate of drug-likeness (QED) is 0.292. The molecule has 0 fully saturated rings. The molecule has 1 rings (SSSR count). The van der Waals surface area contributed by atoms with Crippen LogP contribution in [0.15, 0.2) is 23.5 Å². The topological polar surface area (TPSA) is 95.3 Å². The van der Waals surface area contributed by atoms with Crippen LogP contribution in [0.3, 0.4) is 0 Å². The first-order valence-electron chi connectivity index (χ1n) is 3.57. The predicted octanol–water partition coefficient (Wildman–Crippen LogP) is 0.242. The summed E-state index contributed by atoms with van der Waals surface area (Å²) in [6, 6.07) is 5.19. The monoisotopic (exact) mass is 176 g/mol. The van der Waals surface area contributed by atoms with E-state index in [4.69, 9.17) is 16.2 Å². The summed E-state index contributed by atoms with van der Waals surface area (Å²) in [5.74, 6) is 0.117. The van der Waals surface area contributed by atoms with Gasteiger partial charge in [0.2, 0.25) is 0 Å². The fraction of sp³-hybridized carbons (Fsp3) is 0.125. The number of hydrogen-bond acceptors (Lipinski definition) is 4. The van der Waals surface area contributed by atoms with Crippen molar-refractivity contribution in [3.05, 3.63) is 29.6 Å². The third-order valence-corrected chi connectivity index (χ3v) is 1.45. The molecule has 0 saturated heterocycles. The molecule has 1 aromatic rings. The second kappa shape index (κ2) is 4.07. The van der Waals surface area contributed by atoms with Crippen molar-refractivity contribution < 1.29 is 5.21 Å². The van der Waals surface area contributed by atoms with Gasteiger partial charge in [-0.2, -0.15) is 5.26 Å². The van der Waals surface area contributed by atoms with Crippen LogP contribution < -0.4 is 5.73 Å². The van der Waals surface area contributed by atoms with Gasteiger partial charge in [-0.15, -0.1) is 0 Å². The molecule has 0 aliphatic rings. The molecule has 0 amide bonds. The number of pyridine rings is 1. The molecule has 3 N–H and O–H groups in total. The number of hydrogen-bond donors (Lipinski definition) is 2. The number of nitriles is 1. The van der Waals surface area contributed by atoms with Crippen LogP contribution in [-0.4, -0.2) is 16.0 Å². The van der Waals surface area contributed by atoms with Crippen molar-refractivity contribution in [1.82, 2.24) is 4.98 Å². The normalized spacial score (nSPS) is 10.8. The Balaban J connectivity index is 2.77. The molecule has 0 unspecified atom stereocenters. The summed E-state index contributed by atoms with van der Waals surface area (Å²) in [4.78, 5) is 3.83. The van der Waals surface area contributed by atoms with E-state index in [0.29, 0.717) is 12.1 Å². The number of rotatable bonds is 2. The average Bonchev–Trinajstić information content (AvgIpc) is 2.19. The molecule has 66 valence electrons. The minimum atomic E-state index is 0.117. The number of aromatic nitrogens is 1. The molecule has 1 heterocycles. The van der Waals surface area contributed by atoms with Crippen LogP contribution in [0.4, 0.5) is 0 Å². The lowest BCUT2D eigenvalue weighted by molar-refractivity contribution is 0.317. The highest BCUT2D eigenvalue weighted by molar-refractivity contribution is 5.81. The molecular formula is C8H8N4O. The summed E-state index contributed by atoms with van der Waals surface area (Å²) in [6.45, 7) is 0. The second-order valence-corrected chi connectivity index (χ2v) is 2.43. The Morgan fingerprint density at radius 2 is 2.46 bits per heavy atom. The summed E-state index contributed by atoms with van der Waals surface area (Å²) in [5.41, 5.74) is 6.43. The van der Waals surface area contributed by atoms with Gasteiger partial charge < -0.3 is 10.9 Å². The molecule has 5 heteroatoms. The second-order valence-electron chi connectivity index (χ2n) is 2.43. The van der Waals surface area contributed by atoms with Crippen molar-refractivity contribution in [2.75, 3.05) is 0 Å². The van der Waals surface area contributed by atoms with Gasteiger partial charge in [0.1, 0.15) is 17.6 Å². The van der Waals surface area contributed by atoms with E-state index in [-0.39, 0.29) is 5.84 Å². The van der Waals surface area contributed by atoms with E-state index < -0.39 is 0 Å². The van der Waals surface area contributed by atoms with Gasteiger partial charge in [-0.1, -0.05) is 11.2 Å². The molecule has 0 aliphatic carbocycles. The maximum Gasteiger partial charge on any atom is 0.143 e. The third-order valence-electron chi connectivity index (χ3n) is 1.45. The van der Waals surface area contributed by atoms with Crippen LogP contribution >= 0.6 is 0 Å². The predicted molar refractivity (Wildman–Crippen MR) is 46.1 cm³/mol. The average molecular weight is 176 g/mol. The first-order chi connectivity index (χ1) is 6.26. The zero-order chi connectivity index (χ0) is 9.68. The molecule has 0 bridgehead atoms. The minimum Gasteiger partial charge on any atom is -0.409 e. The Labute approximate surface area is 75.1 Å². The third kappa shape index (κ3) is 2.45. The van der Waals surface area contributed by atoms with Gasteiger partial charge in [-0.25, -0.2) is 4.98 Å².